The molecule has 1 aromatic carbocycles. The summed E-state index contributed by atoms with van der Waals surface area (Å²) in [5.74, 6) is 1.92. The van der Waals surface area contributed by atoms with Crippen LogP contribution in [-0.2, 0) is 6.42 Å². The number of nitrogens with zero attached hydrogens (tertiary/aromatic N) is 3. The standard InChI is InChI=1S/C16H21N3O/c1-12(2)19-9-8-14(11-19)16-18-17-15(20-16)10-13-6-4-3-5-7-13/h3-7,12,14H,8-11H2,1-2H3/t14-/m0/s1. The summed E-state index contributed by atoms with van der Waals surface area (Å²) in [5, 5.41) is 8.44. The molecule has 4 heteroatoms. The SMILES string of the molecule is CC(C)N1CC[C@H](c2nnc(Cc3ccccc3)o2)C1. The molecule has 2 heterocycles. The zero-order valence-electron chi connectivity index (χ0n) is 12.1. The van der Waals surface area contributed by atoms with Gasteiger partial charge in [0.25, 0.3) is 0 Å². The van der Waals surface area contributed by atoms with Crippen LogP contribution in [0.15, 0.2) is 34.7 Å². The Labute approximate surface area is 119 Å². The van der Waals surface area contributed by atoms with Crippen LogP contribution < -0.4 is 0 Å². The van der Waals surface area contributed by atoms with Crippen LogP contribution in [-0.4, -0.2) is 34.2 Å². The van der Waals surface area contributed by atoms with Gasteiger partial charge in [-0.05, 0) is 32.4 Å². The first-order chi connectivity index (χ1) is 9.72. The molecule has 1 atom stereocenters. The van der Waals surface area contributed by atoms with Crippen molar-refractivity contribution in [1.82, 2.24) is 15.1 Å². The van der Waals surface area contributed by atoms with Gasteiger partial charge in [0.05, 0.1) is 12.3 Å². The average Bonchev–Trinajstić information content (AvgIpc) is 3.08. The molecule has 106 valence electrons. The summed E-state index contributed by atoms with van der Waals surface area (Å²) >= 11 is 0. The van der Waals surface area contributed by atoms with E-state index in [0.29, 0.717) is 24.3 Å². The molecule has 1 aliphatic rings. The minimum atomic E-state index is 0.398. The van der Waals surface area contributed by atoms with E-state index in [0.717, 1.165) is 25.4 Å². The summed E-state index contributed by atoms with van der Waals surface area (Å²) in [7, 11) is 0. The molecule has 3 rings (SSSR count). The highest BCUT2D eigenvalue weighted by Crippen LogP contribution is 2.27. The minimum Gasteiger partial charge on any atom is -0.425 e. The maximum atomic E-state index is 5.85. The second kappa shape index (κ2) is 5.75. The number of benzene rings is 1. The smallest absolute Gasteiger partial charge is 0.220 e. The third-order valence-electron chi connectivity index (χ3n) is 3.98. The molecule has 0 N–H and O–H groups in total. The van der Waals surface area contributed by atoms with E-state index in [9.17, 15) is 0 Å². The van der Waals surface area contributed by atoms with Gasteiger partial charge in [0.1, 0.15) is 0 Å². The van der Waals surface area contributed by atoms with E-state index in [1.165, 1.54) is 5.56 Å². The van der Waals surface area contributed by atoms with Crippen LogP contribution in [0.1, 0.15) is 43.5 Å². The minimum absolute atomic E-state index is 0.398. The molecule has 20 heavy (non-hydrogen) atoms. The fourth-order valence-electron chi connectivity index (χ4n) is 2.73. The van der Waals surface area contributed by atoms with Crippen molar-refractivity contribution >= 4 is 0 Å². The van der Waals surface area contributed by atoms with Crippen LogP contribution in [0.3, 0.4) is 0 Å². The van der Waals surface area contributed by atoms with Crippen LogP contribution in [0.5, 0.6) is 0 Å². The van der Waals surface area contributed by atoms with Gasteiger partial charge in [0.15, 0.2) is 0 Å². The molecule has 1 aliphatic heterocycles. The number of aromatic nitrogens is 2. The first-order valence-corrected chi connectivity index (χ1v) is 7.32. The summed E-state index contributed by atoms with van der Waals surface area (Å²) in [4.78, 5) is 2.46. The molecular weight excluding hydrogens is 250 g/mol. The third-order valence-corrected chi connectivity index (χ3v) is 3.98. The highest BCUT2D eigenvalue weighted by atomic mass is 16.4. The Morgan fingerprint density at radius 2 is 2.05 bits per heavy atom. The summed E-state index contributed by atoms with van der Waals surface area (Å²) in [5.41, 5.74) is 1.21. The largest absolute Gasteiger partial charge is 0.425 e. The predicted octanol–water partition coefficient (Wildman–Crippen LogP) is 2.86. The van der Waals surface area contributed by atoms with Crippen molar-refractivity contribution in [2.45, 2.75) is 38.6 Å². The molecule has 1 fully saturated rings. The molecule has 0 amide bonds. The molecule has 0 aliphatic carbocycles. The van der Waals surface area contributed by atoms with Crippen molar-refractivity contribution in [2.75, 3.05) is 13.1 Å². The summed E-state index contributed by atoms with van der Waals surface area (Å²) in [6.07, 6.45) is 1.83. The topological polar surface area (TPSA) is 42.2 Å². The molecule has 4 nitrogen and oxygen atoms in total. The molecule has 0 unspecified atom stereocenters. The van der Waals surface area contributed by atoms with Crippen molar-refractivity contribution < 1.29 is 4.42 Å². The number of hydrogen-bond acceptors (Lipinski definition) is 4. The second-order valence-electron chi connectivity index (χ2n) is 5.77. The van der Waals surface area contributed by atoms with E-state index < -0.39 is 0 Å². The highest BCUT2D eigenvalue weighted by molar-refractivity contribution is 5.17. The van der Waals surface area contributed by atoms with Crippen LogP contribution in [0.4, 0.5) is 0 Å². The third kappa shape index (κ3) is 2.90. The van der Waals surface area contributed by atoms with Gasteiger partial charge in [-0.3, -0.25) is 0 Å². The highest BCUT2D eigenvalue weighted by Gasteiger charge is 2.29. The van der Waals surface area contributed by atoms with Gasteiger partial charge in [-0.2, -0.15) is 0 Å². The molecule has 0 bridgehead atoms. The van der Waals surface area contributed by atoms with Crippen molar-refractivity contribution in [1.29, 1.82) is 0 Å². The average molecular weight is 271 g/mol. The van der Waals surface area contributed by atoms with Crippen LogP contribution >= 0.6 is 0 Å². The van der Waals surface area contributed by atoms with Crippen molar-refractivity contribution in [3.8, 4) is 0 Å². The van der Waals surface area contributed by atoms with E-state index in [-0.39, 0.29) is 0 Å². The predicted molar refractivity (Wildman–Crippen MR) is 77.6 cm³/mol. The van der Waals surface area contributed by atoms with Gasteiger partial charge < -0.3 is 9.32 Å². The van der Waals surface area contributed by atoms with Crippen LogP contribution in [0.25, 0.3) is 0 Å². The molecule has 0 spiro atoms. The number of rotatable bonds is 4. The lowest BCUT2D eigenvalue weighted by Crippen LogP contribution is -2.27. The van der Waals surface area contributed by atoms with Gasteiger partial charge >= 0.3 is 0 Å². The zero-order valence-corrected chi connectivity index (χ0v) is 12.1. The lowest BCUT2D eigenvalue weighted by atomic mass is 10.1. The maximum absolute atomic E-state index is 5.85. The maximum Gasteiger partial charge on any atom is 0.220 e. The molecule has 0 radical (unpaired) electrons. The number of hydrogen-bond donors (Lipinski definition) is 0. The monoisotopic (exact) mass is 271 g/mol. The zero-order chi connectivity index (χ0) is 13.9. The molecule has 0 saturated carbocycles. The summed E-state index contributed by atoms with van der Waals surface area (Å²) in [6.45, 7) is 6.62. The lowest BCUT2D eigenvalue weighted by molar-refractivity contribution is 0.268. The first-order valence-electron chi connectivity index (χ1n) is 7.32. The van der Waals surface area contributed by atoms with Crippen molar-refractivity contribution in [3.63, 3.8) is 0 Å². The Balaban J connectivity index is 1.66. The second-order valence-corrected chi connectivity index (χ2v) is 5.77. The summed E-state index contributed by atoms with van der Waals surface area (Å²) < 4.78 is 5.85. The lowest BCUT2D eigenvalue weighted by Gasteiger charge is -2.19. The molecule has 2 aromatic rings. The van der Waals surface area contributed by atoms with E-state index in [2.05, 4.69) is 41.1 Å². The Hall–Kier alpha value is -1.68. The quantitative estimate of drug-likeness (QED) is 0.857. The van der Waals surface area contributed by atoms with Gasteiger partial charge in [0.2, 0.25) is 11.8 Å². The Kier molecular flexibility index (Phi) is 3.83. The molecule has 1 saturated heterocycles. The first kappa shape index (κ1) is 13.3. The fraction of sp³-hybridized carbons (Fsp3) is 0.500. The normalized spacial score (nSPS) is 19.9. The van der Waals surface area contributed by atoms with Crippen molar-refractivity contribution in [2.24, 2.45) is 0 Å². The van der Waals surface area contributed by atoms with E-state index >= 15 is 0 Å². The Morgan fingerprint density at radius 1 is 1.25 bits per heavy atom. The van der Waals surface area contributed by atoms with Gasteiger partial charge in [0, 0.05) is 12.6 Å². The van der Waals surface area contributed by atoms with Gasteiger partial charge in [-0.25, -0.2) is 0 Å². The van der Waals surface area contributed by atoms with Crippen molar-refractivity contribution in [3.05, 3.63) is 47.7 Å². The number of likely N-dealkylation sites (tertiary alicyclic amines) is 1. The van der Waals surface area contributed by atoms with E-state index in [4.69, 9.17) is 4.42 Å². The molecule has 1 aromatic heterocycles. The summed E-state index contributed by atoms with van der Waals surface area (Å²) in [6, 6.07) is 10.8. The molecular formula is C16H21N3O. The van der Waals surface area contributed by atoms with Gasteiger partial charge in [-0.15, -0.1) is 10.2 Å². The van der Waals surface area contributed by atoms with Gasteiger partial charge in [-0.1, -0.05) is 30.3 Å². The van der Waals surface area contributed by atoms with E-state index in [1.807, 2.05) is 18.2 Å². The fourth-order valence-corrected chi connectivity index (χ4v) is 2.73. The Bertz CT molecular complexity index is 550. The Morgan fingerprint density at radius 3 is 2.75 bits per heavy atom. The van der Waals surface area contributed by atoms with E-state index in [1.54, 1.807) is 0 Å². The van der Waals surface area contributed by atoms with Crippen LogP contribution in [0.2, 0.25) is 0 Å². The van der Waals surface area contributed by atoms with Crippen LogP contribution in [0, 0.1) is 0 Å².